The molecule has 0 fully saturated rings. The normalized spacial score (nSPS) is 24.3. The molecule has 2 nitrogen and oxygen atoms in total. The van der Waals surface area contributed by atoms with E-state index in [-0.39, 0.29) is 5.41 Å². The third-order valence-electron chi connectivity index (χ3n) is 6.86. The Balaban J connectivity index is 1.48. The second-order valence-electron chi connectivity index (χ2n) is 8.84. The Labute approximate surface area is 191 Å². The van der Waals surface area contributed by atoms with Gasteiger partial charge in [0, 0.05) is 38.7 Å². The molecular weight excluding hydrogens is 444 g/mol. The summed E-state index contributed by atoms with van der Waals surface area (Å²) in [5.74, 6) is 1.32. The van der Waals surface area contributed by atoms with Crippen molar-refractivity contribution in [2.24, 2.45) is 11.3 Å². The average molecular weight is 467 g/mol. The summed E-state index contributed by atoms with van der Waals surface area (Å²) in [4.78, 5) is 4.68. The fourth-order valence-corrected chi connectivity index (χ4v) is 6.21. The van der Waals surface area contributed by atoms with Crippen LogP contribution in [0.2, 0.25) is 0 Å². The van der Waals surface area contributed by atoms with Gasteiger partial charge in [0.05, 0.1) is 5.52 Å². The summed E-state index contributed by atoms with van der Waals surface area (Å²) in [6, 6.07) is 14.8. The molecule has 0 saturated carbocycles. The fourth-order valence-electron chi connectivity index (χ4n) is 5.22. The van der Waals surface area contributed by atoms with Gasteiger partial charge >= 0.3 is 0 Å². The van der Waals surface area contributed by atoms with Gasteiger partial charge in [0.15, 0.2) is 0 Å². The van der Waals surface area contributed by atoms with Crippen molar-refractivity contribution in [2.45, 2.75) is 19.8 Å². The van der Waals surface area contributed by atoms with Crippen LogP contribution in [0.5, 0.6) is 0 Å². The van der Waals surface area contributed by atoms with Crippen LogP contribution in [0.3, 0.4) is 0 Å². The molecule has 3 aliphatic rings. The molecule has 0 amide bonds. The molecule has 2 heterocycles. The molecule has 3 aliphatic carbocycles. The van der Waals surface area contributed by atoms with Crippen molar-refractivity contribution in [3.63, 3.8) is 0 Å². The Morgan fingerprint density at radius 3 is 2.81 bits per heavy atom. The van der Waals surface area contributed by atoms with Crippen molar-refractivity contribution in [3.05, 3.63) is 112 Å². The maximum atomic E-state index is 4.68. The van der Waals surface area contributed by atoms with Gasteiger partial charge in [-0.2, -0.15) is 0 Å². The lowest BCUT2D eigenvalue weighted by Crippen LogP contribution is -2.23. The van der Waals surface area contributed by atoms with E-state index in [0.29, 0.717) is 5.92 Å². The molecule has 1 aromatic carbocycles. The molecule has 2 atom stereocenters. The van der Waals surface area contributed by atoms with Crippen molar-refractivity contribution in [3.8, 4) is 5.82 Å². The highest BCUT2D eigenvalue weighted by atomic mass is 79.9. The minimum atomic E-state index is 0.0868. The van der Waals surface area contributed by atoms with Gasteiger partial charge in [0.25, 0.3) is 0 Å². The zero-order valence-electron chi connectivity index (χ0n) is 17.4. The van der Waals surface area contributed by atoms with Crippen molar-refractivity contribution >= 4 is 32.9 Å². The summed E-state index contributed by atoms with van der Waals surface area (Å²) < 4.78 is 3.66. The first kappa shape index (κ1) is 18.8. The van der Waals surface area contributed by atoms with Crippen LogP contribution in [0.15, 0.2) is 101 Å². The van der Waals surface area contributed by atoms with E-state index in [4.69, 9.17) is 0 Å². The van der Waals surface area contributed by atoms with E-state index in [1.807, 2.05) is 12.3 Å². The number of halogens is 1. The van der Waals surface area contributed by atoms with E-state index < -0.39 is 0 Å². The van der Waals surface area contributed by atoms with Crippen LogP contribution in [0.1, 0.15) is 24.6 Å². The number of para-hydroxylation sites is 1. The van der Waals surface area contributed by atoms with Gasteiger partial charge in [0.2, 0.25) is 0 Å². The SMILES string of the molecule is CC12C=CC=CC1=CC(C1C=Cc3c(n(-c4ccccn4)c4ccccc34)C1)=C(Br)C2. The number of fused-ring (bicyclic) bond motifs is 4. The fraction of sp³-hybridized carbons (Fsp3) is 0.179. The lowest BCUT2D eigenvalue weighted by atomic mass is 9.70. The van der Waals surface area contributed by atoms with E-state index in [9.17, 15) is 0 Å². The Kier molecular flexibility index (Phi) is 4.29. The summed E-state index contributed by atoms with van der Waals surface area (Å²) in [6.07, 6.45) is 19.9. The number of benzene rings is 1. The van der Waals surface area contributed by atoms with Gasteiger partial charge in [-0.1, -0.05) is 89.7 Å². The predicted octanol–water partition coefficient (Wildman–Crippen LogP) is 7.32. The summed E-state index contributed by atoms with van der Waals surface area (Å²) in [7, 11) is 0. The van der Waals surface area contributed by atoms with E-state index in [0.717, 1.165) is 18.7 Å². The summed E-state index contributed by atoms with van der Waals surface area (Å²) in [6.45, 7) is 2.32. The van der Waals surface area contributed by atoms with Crippen molar-refractivity contribution in [1.29, 1.82) is 0 Å². The molecule has 0 N–H and O–H groups in total. The molecule has 3 aromatic rings. The Hall–Kier alpha value is -2.91. The highest BCUT2D eigenvalue weighted by Crippen LogP contribution is 2.48. The predicted molar refractivity (Wildman–Crippen MR) is 132 cm³/mol. The molecule has 0 aliphatic heterocycles. The number of nitrogens with zero attached hydrogens (tertiary/aromatic N) is 2. The zero-order valence-corrected chi connectivity index (χ0v) is 19.0. The lowest BCUT2D eigenvalue weighted by Gasteiger charge is -2.36. The van der Waals surface area contributed by atoms with Gasteiger partial charge in [-0.15, -0.1) is 0 Å². The molecule has 0 radical (unpaired) electrons. The van der Waals surface area contributed by atoms with Gasteiger partial charge in [0.1, 0.15) is 5.82 Å². The van der Waals surface area contributed by atoms with Crippen LogP contribution in [0, 0.1) is 11.3 Å². The first-order valence-corrected chi connectivity index (χ1v) is 11.6. The summed E-state index contributed by atoms with van der Waals surface area (Å²) >= 11 is 3.95. The maximum absolute atomic E-state index is 4.68. The van der Waals surface area contributed by atoms with Crippen LogP contribution in [-0.2, 0) is 6.42 Å². The number of hydrogen-bond acceptors (Lipinski definition) is 1. The Bertz CT molecular complexity index is 1350. The number of pyridine rings is 1. The quantitative estimate of drug-likeness (QED) is 0.386. The largest absolute Gasteiger partial charge is 0.298 e. The smallest absolute Gasteiger partial charge is 0.137 e. The van der Waals surface area contributed by atoms with Crippen LogP contribution in [0.4, 0.5) is 0 Å². The van der Waals surface area contributed by atoms with Crippen LogP contribution in [0.25, 0.3) is 22.8 Å². The van der Waals surface area contributed by atoms with E-state index in [1.165, 1.54) is 37.8 Å². The average Bonchev–Trinajstić information content (AvgIpc) is 3.12. The first-order chi connectivity index (χ1) is 15.1. The molecule has 2 aromatic heterocycles. The lowest BCUT2D eigenvalue weighted by molar-refractivity contribution is 0.513. The number of hydrogen-bond donors (Lipinski definition) is 0. The van der Waals surface area contributed by atoms with Crippen LogP contribution >= 0.6 is 15.9 Å². The molecule has 0 saturated heterocycles. The Morgan fingerprint density at radius 1 is 1.06 bits per heavy atom. The van der Waals surface area contributed by atoms with Gasteiger partial charge < -0.3 is 0 Å². The standard InChI is InChI=1S/C28H23BrN2/c1-28-14-6-4-8-20(28)17-23(24(29)18-28)19-12-13-22-21-9-2-3-10-25(21)31(26(22)16-19)27-11-5-7-15-30-27/h2-15,17,19H,16,18H2,1H3. The maximum Gasteiger partial charge on any atom is 0.137 e. The molecule has 0 spiro atoms. The minimum Gasteiger partial charge on any atom is -0.298 e. The molecule has 31 heavy (non-hydrogen) atoms. The van der Waals surface area contributed by atoms with Crippen LogP contribution < -0.4 is 0 Å². The molecule has 2 unspecified atom stereocenters. The van der Waals surface area contributed by atoms with Gasteiger partial charge in [-0.25, -0.2) is 4.98 Å². The third kappa shape index (κ3) is 2.95. The summed E-state index contributed by atoms with van der Waals surface area (Å²) in [5, 5.41) is 1.29. The van der Waals surface area contributed by atoms with Gasteiger partial charge in [-0.05, 0) is 42.2 Å². The highest BCUT2D eigenvalue weighted by molar-refractivity contribution is 9.11. The number of aromatic nitrogens is 2. The molecule has 152 valence electrons. The molecule has 3 heteroatoms. The van der Waals surface area contributed by atoms with Crippen molar-refractivity contribution < 1.29 is 0 Å². The highest BCUT2D eigenvalue weighted by Gasteiger charge is 2.34. The number of rotatable bonds is 2. The third-order valence-corrected chi connectivity index (χ3v) is 7.60. The second kappa shape index (κ2) is 7.06. The van der Waals surface area contributed by atoms with Crippen LogP contribution in [-0.4, -0.2) is 9.55 Å². The van der Waals surface area contributed by atoms with Crippen molar-refractivity contribution in [2.75, 3.05) is 0 Å². The summed E-state index contributed by atoms with van der Waals surface area (Å²) in [5.41, 5.74) is 6.77. The monoisotopic (exact) mass is 466 g/mol. The zero-order chi connectivity index (χ0) is 21.0. The first-order valence-electron chi connectivity index (χ1n) is 10.8. The molecule has 6 rings (SSSR count). The topological polar surface area (TPSA) is 17.8 Å². The minimum absolute atomic E-state index is 0.0868. The van der Waals surface area contributed by atoms with Crippen molar-refractivity contribution in [1.82, 2.24) is 9.55 Å². The van der Waals surface area contributed by atoms with E-state index >= 15 is 0 Å². The van der Waals surface area contributed by atoms with Gasteiger partial charge in [-0.3, -0.25) is 4.57 Å². The molecular formula is C28H23BrN2. The second-order valence-corrected chi connectivity index (χ2v) is 9.80. The number of allylic oxidation sites excluding steroid dienone is 9. The van der Waals surface area contributed by atoms with E-state index in [1.54, 1.807) is 0 Å². The van der Waals surface area contributed by atoms with E-state index in [2.05, 4.69) is 111 Å². The molecule has 0 bridgehead atoms. The Morgan fingerprint density at radius 2 is 1.94 bits per heavy atom.